The van der Waals surface area contributed by atoms with Crippen LogP contribution in [0.25, 0.3) is 22.0 Å². The Balaban J connectivity index is 1.82. The number of aromatic amines is 1. The number of hydrogen-bond donors (Lipinski definition) is 3. The van der Waals surface area contributed by atoms with E-state index in [1.165, 1.54) is 12.5 Å². The number of aromatic hydroxyl groups is 1. The van der Waals surface area contributed by atoms with Crippen molar-refractivity contribution in [3.05, 3.63) is 52.5 Å². The van der Waals surface area contributed by atoms with E-state index in [1.807, 2.05) is 18.2 Å². The lowest BCUT2D eigenvalue weighted by Gasteiger charge is -2.14. The SMILES string of the molecule is CC(=O)c1c(O)[nH]c2cc(Cl)c(-c3ccc(C4(CN)CC4)cc3)cc12. The molecule has 0 spiro atoms. The fourth-order valence-electron chi connectivity index (χ4n) is 3.54. The van der Waals surface area contributed by atoms with E-state index in [0.29, 0.717) is 28.0 Å². The molecule has 0 radical (unpaired) electrons. The molecule has 4 rings (SSSR count). The first kappa shape index (κ1) is 16.2. The molecule has 1 aromatic heterocycles. The molecule has 1 saturated carbocycles. The molecule has 5 heteroatoms. The molecule has 0 saturated heterocycles. The summed E-state index contributed by atoms with van der Waals surface area (Å²) >= 11 is 6.44. The van der Waals surface area contributed by atoms with Gasteiger partial charge in [-0.1, -0.05) is 35.9 Å². The Hall–Kier alpha value is -2.30. The first-order valence-corrected chi connectivity index (χ1v) is 8.69. The van der Waals surface area contributed by atoms with Gasteiger partial charge in [0.15, 0.2) is 5.78 Å². The molecule has 0 aliphatic heterocycles. The number of Topliss-reactive ketones (excluding diaryl/α,β-unsaturated/α-hetero) is 1. The first-order valence-electron chi connectivity index (χ1n) is 8.31. The van der Waals surface area contributed by atoms with Crippen molar-refractivity contribution < 1.29 is 9.90 Å². The summed E-state index contributed by atoms with van der Waals surface area (Å²) in [7, 11) is 0. The molecule has 25 heavy (non-hydrogen) atoms. The van der Waals surface area contributed by atoms with Crippen molar-refractivity contribution in [3.63, 3.8) is 0 Å². The van der Waals surface area contributed by atoms with Gasteiger partial charge in [-0.15, -0.1) is 0 Å². The lowest BCUT2D eigenvalue weighted by molar-refractivity contribution is 0.101. The molecule has 1 fully saturated rings. The summed E-state index contributed by atoms with van der Waals surface area (Å²) in [5.41, 5.74) is 10.1. The number of hydrogen-bond acceptors (Lipinski definition) is 3. The standard InChI is InChI=1S/C20H19ClN2O2/c1-11(24)18-15-8-14(16(21)9-17(15)23-19(18)25)12-2-4-13(5-3-12)20(10-22)6-7-20/h2-5,8-9,23,25H,6-7,10,22H2,1H3. The molecule has 0 amide bonds. The summed E-state index contributed by atoms with van der Waals surface area (Å²) in [6.07, 6.45) is 2.28. The monoisotopic (exact) mass is 354 g/mol. The molecular weight excluding hydrogens is 336 g/mol. The molecule has 0 unspecified atom stereocenters. The predicted octanol–water partition coefficient (Wildman–Crippen LogP) is 4.39. The van der Waals surface area contributed by atoms with Crippen LogP contribution in [0, 0.1) is 0 Å². The van der Waals surface area contributed by atoms with E-state index < -0.39 is 0 Å². The summed E-state index contributed by atoms with van der Waals surface area (Å²) < 4.78 is 0. The minimum atomic E-state index is -0.189. The summed E-state index contributed by atoms with van der Waals surface area (Å²) in [6, 6.07) is 11.9. The van der Waals surface area contributed by atoms with Crippen LogP contribution in [-0.4, -0.2) is 22.4 Å². The fraction of sp³-hybridized carbons (Fsp3) is 0.250. The second-order valence-corrected chi connectivity index (χ2v) is 7.25. The number of fused-ring (bicyclic) bond motifs is 1. The number of benzene rings is 2. The van der Waals surface area contributed by atoms with Crippen LogP contribution in [0.15, 0.2) is 36.4 Å². The van der Waals surface area contributed by atoms with Crippen LogP contribution < -0.4 is 5.73 Å². The molecule has 1 aliphatic rings. The van der Waals surface area contributed by atoms with Crippen LogP contribution in [0.1, 0.15) is 35.7 Å². The molecular formula is C20H19ClN2O2. The third-order valence-electron chi connectivity index (χ3n) is 5.27. The van der Waals surface area contributed by atoms with Crippen molar-refractivity contribution in [1.82, 2.24) is 4.98 Å². The van der Waals surface area contributed by atoms with Crippen molar-refractivity contribution >= 4 is 28.3 Å². The Kier molecular flexibility index (Phi) is 3.63. The van der Waals surface area contributed by atoms with Gasteiger partial charge in [0.2, 0.25) is 5.88 Å². The third-order valence-corrected chi connectivity index (χ3v) is 5.58. The van der Waals surface area contributed by atoms with Gasteiger partial charge in [-0.3, -0.25) is 4.79 Å². The van der Waals surface area contributed by atoms with Crippen LogP contribution in [0.2, 0.25) is 5.02 Å². The van der Waals surface area contributed by atoms with Gasteiger partial charge in [0.1, 0.15) is 0 Å². The number of nitrogens with two attached hydrogens (primary N) is 1. The number of nitrogens with one attached hydrogen (secondary N) is 1. The lowest BCUT2D eigenvalue weighted by Crippen LogP contribution is -2.19. The normalized spacial score (nSPS) is 15.5. The fourth-order valence-corrected chi connectivity index (χ4v) is 3.82. The topological polar surface area (TPSA) is 79.1 Å². The number of carbonyl (C=O) groups excluding carboxylic acids is 1. The van der Waals surface area contributed by atoms with Gasteiger partial charge >= 0.3 is 0 Å². The number of rotatable bonds is 4. The highest BCUT2D eigenvalue weighted by atomic mass is 35.5. The van der Waals surface area contributed by atoms with E-state index in [9.17, 15) is 9.90 Å². The van der Waals surface area contributed by atoms with Gasteiger partial charge in [0.25, 0.3) is 0 Å². The minimum absolute atomic E-state index is 0.121. The smallest absolute Gasteiger partial charge is 0.200 e. The van der Waals surface area contributed by atoms with Crippen molar-refractivity contribution in [2.24, 2.45) is 5.73 Å². The summed E-state index contributed by atoms with van der Waals surface area (Å²) in [5.74, 6) is -0.310. The molecule has 4 N–H and O–H groups in total. The van der Waals surface area contributed by atoms with Gasteiger partial charge < -0.3 is 15.8 Å². The van der Waals surface area contributed by atoms with Crippen LogP contribution in [-0.2, 0) is 5.41 Å². The lowest BCUT2D eigenvalue weighted by atomic mass is 9.93. The molecule has 0 bridgehead atoms. The Labute approximate surface area is 150 Å². The van der Waals surface area contributed by atoms with Crippen LogP contribution in [0.5, 0.6) is 5.88 Å². The summed E-state index contributed by atoms with van der Waals surface area (Å²) in [4.78, 5) is 14.7. The highest BCUT2D eigenvalue weighted by Crippen LogP contribution is 2.47. The molecule has 128 valence electrons. The van der Waals surface area contributed by atoms with Crippen molar-refractivity contribution in [2.45, 2.75) is 25.2 Å². The van der Waals surface area contributed by atoms with Crippen molar-refractivity contribution in [2.75, 3.05) is 6.54 Å². The zero-order valence-corrected chi connectivity index (χ0v) is 14.7. The first-order chi connectivity index (χ1) is 11.9. The molecule has 2 aromatic carbocycles. The predicted molar refractivity (Wildman–Crippen MR) is 100 cm³/mol. The van der Waals surface area contributed by atoms with E-state index in [2.05, 4.69) is 17.1 Å². The largest absolute Gasteiger partial charge is 0.494 e. The van der Waals surface area contributed by atoms with E-state index in [4.69, 9.17) is 17.3 Å². The Morgan fingerprint density at radius 1 is 1.28 bits per heavy atom. The molecule has 4 nitrogen and oxygen atoms in total. The highest BCUT2D eigenvalue weighted by molar-refractivity contribution is 6.34. The number of halogens is 1. The van der Waals surface area contributed by atoms with Gasteiger partial charge in [0, 0.05) is 22.9 Å². The Morgan fingerprint density at radius 3 is 2.52 bits per heavy atom. The van der Waals surface area contributed by atoms with Gasteiger partial charge in [-0.05, 0) is 43.0 Å². The minimum Gasteiger partial charge on any atom is -0.494 e. The summed E-state index contributed by atoms with van der Waals surface area (Å²) in [5, 5.41) is 11.2. The van der Waals surface area contributed by atoms with Crippen LogP contribution >= 0.6 is 11.6 Å². The third kappa shape index (κ3) is 2.53. The number of aromatic nitrogens is 1. The van der Waals surface area contributed by atoms with Crippen LogP contribution in [0.4, 0.5) is 0 Å². The molecule has 3 aromatic rings. The van der Waals surface area contributed by atoms with Crippen molar-refractivity contribution in [1.29, 1.82) is 0 Å². The van der Waals surface area contributed by atoms with Crippen LogP contribution in [0.3, 0.4) is 0 Å². The maximum absolute atomic E-state index is 11.8. The van der Waals surface area contributed by atoms with E-state index in [0.717, 1.165) is 24.0 Å². The molecule has 1 heterocycles. The van der Waals surface area contributed by atoms with E-state index in [1.54, 1.807) is 6.07 Å². The quantitative estimate of drug-likeness (QED) is 0.608. The van der Waals surface area contributed by atoms with E-state index >= 15 is 0 Å². The highest BCUT2D eigenvalue weighted by Gasteiger charge is 2.42. The molecule has 0 atom stereocenters. The second-order valence-electron chi connectivity index (χ2n) is 6.84. The average Bonchev–Trinajstić information content (AvgIpc) is 3.31. The number of carbonyl (C=O) groups is 1. The number of ketones is 1. The zero-order chi connectivity index (χ0) is 17.8. The average molecular weight is 355 g/mol. The van der Waals surface area contributed by atoms with Gasteiger partial charge in [0.05, 0.1) is 16.1 Å². The van der Waals surface area contributed by atoms with Gasteiger partial charge in [-0.2, -0.15) is 0 Å². The molecule has 1 aliphatic carbocycles. The van der Waals surface area contributed by atoms with E-state index in [-0.39, 0.29) is 17.1 Å². The zero-order valence-electron chi connectivity index (χ0n) is 13.9. The summed E-state index contributed by atoms with van der Waals surface area (Å²) in [6.45, 7) is 2.11. The number of H-pyrrole nitrogens is 1. The Morgan fingerprint density at radius 2 is 1.96 bits per heavy atom. The van der Waals surface area contributed by atoms with Crippen molar-refractivity contribution in [3.8, 4) is 17.0 Å². The maximum atomic E-state index is 11.8. The Bertz CT molecular complexity index is 985. The van der Waals surface area contributed by atoms with Gasteiger partial charge in [-0.25, -0.2) is 0 Å². The maximum Gasteiger partial charge on any atom is 0.200 e. The second kappa shape index (κ2) is 5.61.